The van der Waals surface area contributed by atoms with Gasteiger partial charge in [-0.05, 0) is 31.2 Å². The molecule has 1 aromatic rings. The van der Waals surface area contributed by atoms with E-state index in [0.29, 0.717) is 19.4 Å². The van der Waals surface area contributed by atoms with Gasteiger partial charge < -0.3 is 9.05 Å². The van der Waals surface area contributed by atoms with Crippen molar-refractivity contribution in [1.29, 1.82) is 0 Å². The largest absolute Gasteiger partial charge is 0.330 e. The van der Waals surface area contributed by atoms with Crippen LogP contribution in [0.1, 0.15) is 90.0 Å². The molecule has 156 valence electrons. The van der Waals surface area contributed by atoms with Crippen molar-refractivity contribution in [1.82, 2.24) is 0 Å². The van der Waals surface area contributed by atoms with Gasteiger partial charge in [-0.15, -0.1) is 0 Å². The number of hydrogen-bond acceptors (Lipinski definition) is 3. The summed E-state index contributed by atoms with van der Waals surface area (Å²) in [6.45, 7) is 5.43. The highest BCUT2D eigenvalue weighted by molar-refractivity contribution is 7.53. The Morgan fingerprint density at radius 2 is 1.26 bits per heavy atom. The monoisotopic (exact) mass is 396 g/mol. The lowest BCUT2D eigenvalue weighted by atomic mass is 10.1. The van der Waals surface area contributed by atoms with Crippen LogP contribution < -0.4 is 0 Å². The predicted molar refractivity (Wildman–Crippen MR) is 117 cm³/mol. The first-order valence-electron chi connectivity index (χ1n) is 11.1. The lowest BCUT2D eigenvalue weighted by molar-refractivity contribution is 0.198. The van der Waals surface area contributed by atoms with Crippen molar-refractivity contribution in [2.45, 2.75) is 90.9 Å². The molecule has 0 saturated heterocycles. The van der Waals surface area contributed by atoms with Crippen LogP contribution in [0, 0.1) is 0 Å². The van der Waals surface area contributed by atoms with Gasteiger partial charge >= 0.3 is 7.60 Å². The number of hydrogen-bond donors (Lipinski definition) is 0. The topological polar surface area (TPSA) is 35.5 Å². The molecule has 0 aliphatic carbocycles. The molecule has 27 heavy (non-hydrogen) atoms. The molecule has 0 heterocycles. The van der Waals surface area contributed by atoms with Crippen LogP contribution in [-0.4, -0.2) is 19.4 Å². The summed E-state index contributed by atoms with van der Waals surface area (Å²) < 4.78 is 24.5. The molecule has 0 radical (unpaired) electrons. The average Bonchev–Trinajstić information content (AvgIpc) is 2.69. The van der Waals surface area contributed by atoms with E-state index in [-0.39, 0.29) is 0 Å². The second kappa shape index (κ2) is 16.3. The van der Waals surface area contributed by atoms with Crippen molar-refractivity contribution in [3.05, 3.63) is 35.9 Å². The highest BCUT2D eigenvalue weighted by atomic mass is 31.2. The maximum Gasteiger partial charge on any atom is 0.330 e. The minimum absolute atomic E-state index is 0.507. The van der Waals surface area contributed by atoms with Crippen LogP contribution in [0.15, 0.2) is 30.3 Å². The van der Waals surface area contributed by atoms with Crippen molar-refractivity contribution in [2.75, 3.05) is 19.4 Å². The van der Waals surface area contributed by atoms with Crippen molar-refractivity contribution >= 4 is 7.60 Å². The maximum absolute atomic E-state index is 12.9. The highest BCUT2D eigenvalue weighted by Crippen LogP contribution is 2.49. The number of unbranched alkanes of at least 4 members (excludes halogenated alkanes) is 8. The molecule has 3 nitrogen and oxygen atoms in total. The quantitative estimate of drug-likeness (QED) is 0.188. The highest BCUT2D eigenvalue weighted by Gasteiger charge is 2.23. The predicted octanol–water partition coefficient (Wildman–Crippen LogP) is 7.79. The Labute approximate surface area is 167 Å². The van der Waals surface area contributed by atoms with Gasteiger partial charge in [0.25, 0.3) is 0 Å². The first kappa shape index (κ1) is 24.4. The van der Waals surface area contributed by atoms with Gasteiger partial charge in [-0.2, -0.15) is 0 Å². The standard InChI is InChI=1S/C23H41O3P/c1-3-5-7-8-9-10-11-15-20-25-27(24,22-6-4-2)26-21-16-19-23-17-13-12-14-18-23/h12-14,17-18H,3-11,15-16,19-22H2,1-2H3. The molecule has 0 spiro atoms. The lowest BCUT2D eigenvalue weighted by Gasteiger charge is -2.18. The van der Waals surface area contributed by atoms with Crippen LogP contribution >= 0.6 is 7.60 Å². The Morgan fingerprint density at radius 1 is 0.704 bits per heavy atom. The molecule has 0 aromatic heterocycles. The van der Waals surface area contributed by atoms with E-state index in [2.05, 4.69) is 38.1 Å². The summed E-state index contributed by atoms with van der Waals surface area (Å²) in [5.74, 6) is 0. The fourth-order valence-electron chi connectivity index (χ4n) is 3.08. The zero-order valence-electron chi connectivity index (χ0n) is 17.7. The second-order valence-electron chi connectivity index (χ2n) is 7.42. The average molecular weight is 397 g/mol. The van der Waals surface area contributed by atoms with E-state index in [0.717, 1.165) is 38.5 Å². The van der Waals surface area contributed by atoms with E-state index in [1.54, 1.807) is 0 Å². The molecule has 0 N–H and O–H groups in total. The molecule has 4 heteroatoms. The third-order valence-electron chi connectivity index (χ3n) is 4.81. The number of aryl methyl sites for hydroxylation is 1. The second-order valence-corrected chi connectivity index (χ2v) is 9.60. The summed E-state index contributed by atoms with van der Waals surface area (Å²) in [7, 11) is -2.93. The van der Waals surface area contributed by atoms with E-state index in [1.807, 2.05) is 6.07 Å². The molecule has 0 aliphatic rings. The Balaban J connectivity index is 2.18. The van der Waals surface area contributed by atoms with Crippen LogP contribution in [0.3, 0.4) is 0 Å². The van der Waals surface area contributed by atoms with Crippen LogP contribution in [0.4, 0.5) is 0 Å². The zero-order chi connectivity index (χ0) is 19.6. The smallest absolute Gasteiger partial charge is 0.309 e. The van der Waals surface area contributed by atoms with E-state index < -0.39 is 7.60 Å². The Bertz CT molecular complexity index is 490. The van der Waals surface area contributed by atoms with Gasteiger partial charge in [0.2, 0.25) is 0 Å². The first-order valence-corrected chi connectivity index (χ1v) is 12.8. The van der Waals surface area contributed by atoms with Gasteiger partial charge in [-0.25, -0.2) is 0 Å². The van der Waals surface area contributed by atoms with Gasteiger partial charge in [-0.1, -0.05) is 95.5 Å². The van der Waals surface area contributed by atoms with Crippen molar-refractivity contribution in [3.8, 4) is 0 Å². The van der Waals surface area contributed by atoms with Crippen molar-refractivity contribution in [2.24, 2.45) is 0 Å². The molecule has 1 aromatic carbocycles. The number of benzene rings is 1. The summed E-state index contributed by atoms with van der Waals surface area (Å²) in [6.07, 6.45) is 14.3. The van der Waals surface area contributed by atoms with Crippen molar-refractivity contribution in [3.63, 3.8) is 0 Å². The summed E-state index contributed by atoms with van der Waals surface area (Å²) in [5.41, 5.74) is 1.30. The fourth-order valence-corrected chi connectivity index (χ4v) is 4.93. The Morgan fingerprint density at radius 3 is 1.89 bits per heavy atom. The van der Waals surface area contributed by atoms with E-state index in [1.165, 1.54) is 44.1 Å². The molecule has 1 rings (SSSR count). The molecule has 0 amide bonds. The van der Waals surface area contributed by atoms with Crippen molar-refractivity contribution < 1.29 is 13.6 Å². The van der Waals surface area contributed by atoms with Gasteiger partial charge in [0.1, 0.15) is 0 Å². The molecule has 0 aliphatic heterocycles. The summed E-state index contributed by atoms with van der Waals surface area (Å²) >= 11 is 0. The molecule has 0 bridgehead atoms. The van der Waals surface area contributed by atoms with Crippen LogP contribution in [0.25, 0.3) is 0 Å². The minimum Gasteiger partial charge on any atom is -0.309 e. The van der Waals surface area contributed by atoms with Crippen LogP contribution in [0.2, 0.25) is 0 Å². The summed E-state index contributed by atoms with van der Waals surface area (Å²) in [4.78, 5) is 0. The molecular formula is C23H41O3P. The minimum atomic E-state index is -2.93. The summed E-state index contributed by atoms with van der Waals surface area (Å²) in [6, 6.07) is 10.4. The lowest BCUT2D eigenvalue weighted by Crippen LogP contribution is -2.04. The normalized spacial score (nSPS) is 13.6. The SMILES string of the molecule is CCCCCCCCCCOP(=O)(CCCC)OCCCc1ccccc1. The van der Waals surface area contributed by atoms with Crippen LogP contribution in [-0.2, 0) is 20.0 Å². The third kappa shape index (κ3) is 13.2. The van der Waals surface area contributed by atoms with Gasteiger partial charge in [0, 0.05) is 0 Å². The molecular weight excluding hydrogens is 355 g/mol. The van der Waals surface area contributed by atoms with E-state index in [4.69, 9.17) is 9.05 Å². The maximum atomic E-state index is 12.9. The molecule has 0 saturated carbocycles. The Hall–Kier alpha value is -0.630. The molecule has 0 fully saturated rings. The van der Waals surface area contributed by atoms with Gasteiger partial charge in [0.15, 0.2) is 0 Å². The van der Waals surface area contributed by atoms with E-state index in [9.17, 15) is 4.57 Å². The van der Waals surface area contributed by atoms with Crippen LogP contribution in [0.5, 0.6) is 0 Å². The zero-order valence-corrected chi connectivity index (χ0v) is 18.6. The third-order valence-corrected chi connectivity index (χ3v) is 6.83. The van der Waals surface area contributed by atoms with Gasteiger partial charge in [0.05, 0.1) is 19.4 Å². The molecule has 1 unspecified atom stereocenters. The molecule has 1 atom stereocenters. The summed E-state index contributed by atoms with van der Waals surface area (Å²) in [5, 5.41) is 0. The van der Waals surface area contributed by atoms with E-state index >= 15 is 0 Å². The van der Waals surface area contributed by atoms with Gasteiger partial charge in [-0.3, -0.25) is 4.57 Å². The Kier molecular flexibility index (Phi) is 14.8. The number of rotatable bonds is 18. The fraction of sp³-hybridized carbons (Fsp3) is 0.739. The first-order chi connectivity index (χ1) is 13.2.